The Kier molecular flexibility index (Phi) is 6.11. The highest BCUT2D eigenvalue weighted by Gasteiger charge is 2.20. The number of ether oxygens (including phenoxy) is 2. The normalized spacial score (nSPS) is 11.5. The van der Waals surface area contributed by atoms with E-state index in [0.717, 1.165) is 6.07 Å². The number of rotatable bonds is 7. The lowest BCUT2D eigenvalue weighted by Gasteiger charge is -2.15. The van der Waals surface area contributed by atoms with Crippen molar-refractivity contribution in [3.63, 3.8) is 0 Å². The van der Waals surface area contributed by atoms with E-state index in [0.29, 0.717) is 5.56 Å². The fraction of sp³-hybridized carbons (Fsp3) is 0.278. The molecule has 26 heavy (non-hydrogen) atoms. The molecule has 0 fully saturated rings. The summed E-state index contributed by atoms with van der Waals surface area (Å²) in [5, 5.41) is 13.8. The van der Waals surface area contributed by atoms with Crippen LogP contribution in [-0.4, -0.2) is 24.5 Å². The second kappa shape index (κ2) is 8.28. The Morgan fingerprint density at radius 3 is 2.54 bits per heavy atom. The number of hydrogen-bond donors (Lipinski definition) is 1. The van der Waals surface area contributed by atoms with Gasteiger partial charge in [-0.2, -0.15) is 0 Å². The van der Waals surface area contributed by atoms with Gasteiger partial charge in [-0.15, -0.1) is 0 Å². The Bertz CT molecular complexity index is 825. The molecule has 0 spiro atoms. The summed E-state index contributed by atoms with van der Waals surface area (Å²) in [6, 6.07) is 7.84. The SMILES string of the molecule is CCOc1ccc(C(=O)N[C@@H](C)c2ccc(OC)c(F)c2)cc1[N+](=O)[O-]. The Morgan fingerprint density at radius 2 is 1.96 bits per heavy atom. The molecule has 1 N–H and O–H groups in total. The topological polar surface area (TPSA) is 90.7 Å². The molecule has 0 aliphatic heterocycles. The van der Waals surface area contributed by atoms with Crippen molar-refractivity contribution in [1.82, 2.24) is 5.32 Å². The van der Waals surface area contributed by atoms with Crippen LogP contribution in [-0.2, 0) is 0 Å². The highest BCUT2D eigenvalue weighted by Crippen LogP contribution is 2.28. The average molecular weight is 362 g/mol. The molecule has 0 aliphatic rings. The minimum atomic E-state index is -0.607. The largest absolute Gasteiger partial charge is 0.494 e. The summed E-state index contributed by atoms with van der Waals surface area (Å²) in [4.78, 5) is 22.9. The smallest absolute Gasteiger partial charge is 0.311 e. The van der Waals surface area contributed by atoms with E-state index in [9.17, 15) is 19.3 Å². The molecule has 138 valence electrons. The first-order valence-corrected chi connectivity index (χ1v) is 7.92. The van der Waals surface area contributed by atoms with E-state index >= 15 is 0 Å². The van der Waals surface area contributed by atoms with Crippen LogP contribution in [0, 0.1) is 15.9 Å². The van der Waals surface area contributed by atoms with Crippen molar-refractivity contribution in [1.29, 1.82) is 0 Å². The molecule has 0 heterocycles. The number of nitrogens with one attached hydrogen (secondary N) is 1. The van der Waals surface area contributed by atoms with Crippen LogP contribution < -0.4 is 14.8 Å². The monoisotopic (exact) mass is 362 g/mol. The summed E-state index contributed by atoms with van der Waals surface area (Å²) in [6.07, 6.45) is 0. The molecule has 0 saturated heterocycles. The molecule has 0 saturated carbocycles. The van der Waals surface area contributed by atoms with E-state index in [2.05, 4.69) is 5.32 Å². The zero-order chi connectivity index (χ0) is 19.3. The number of nitro groups is 1. The van der Waals surface area contributed by atoms with Gasteiger partial charge in [0, 0.05) is 11.6 Å². The Morgan fingerprint density at radius 1 is 1.27 bits per heavy atom. The van der Waals surface area contributed by atoms with Gasteiger partial charge in [0.25, 0.3) is 5.91 Å². The maximum absolute atomic E-state index is 13.8. The molecule has 0 aliphatic carbocycles. The van der Waals surface area contributed by atoms with Crippen molar-refractivity contribution in [2.45, 2.75) is 19.9 Å². The number of carbonyl (C=O) groups excluding carboxylic acids is 1. The first-order valence-electron chi connectivity index (χ1n) is 7.92. The minimum Gasteiger partial charge on any atom is -0.494 e. The van der Waals surface area contributed by atoms with Crippen molar-refractivity contribution >= 4 is 11.6 Å². The number of hydrogen-bond acceptors (Lipinski definition) is 5. The summed E-state index contributed by atoms with van der Waals surface area (Å²) < 4.78 is 23.9. The van der Waals surface area contributed by atoms with Crippen LogP contribution in [0.1, 0.15) is 35.8 Å². The van der Waals surface area contributed by atoms with Crippen LogP contribution in [0.3, 0.4) is 0 Å². The highest BCUT2D eigenvalue weighted by molar-refractivity contribution is 5.95. The summed E-state index contributed by atoms with van der Waals surface area (Å²) in [5.74, 6) is -0.851. The highest BCUT2D eigenvalue weighted by atomic mass is 19.1. The minimum absolute atomic E-state index is 0.0966. The molecule has 1 atom stereocenters. The predicted molar refractivity (Wildman–Crippen MR) is 93.1 cm³/mol. The first-order chi connectivity index (χ1) is 12.4. The van der Waals surface area contributed by atoms with Gasteiger partial charge in [0.15, 0.2) is 17.3 Å². The van der Waals surface area contributed by atoms with Crippen molar-refractivity contribution in [3.05, 3.63) is 63.5 Å². The Labute approximate surface area is 149 Å². The molecule has 0 aromatic heterocycles. The second-order valence-corrected chi connectivity index (χ2v) is 5.46. The summed E-state index contributed by atoms with van der Waals surface area (Å²) in [6.45, 7) is 3.66. The molecule has 0 bridgehead atoms. The number of benzene rings is 2. The molecule has 2 aromatic rings. The zero-order valence-corrected chi connectivity index (χ0v) is 14.6. The first kappa shape index (κ1) is 19.2. The van der Waals surface area contributed by atoms with Gasteiger partial charge >= 0.3 is 5.69 Å². The van der Waals surface area contributed by atoms with Gasteiger partial charge in [0.05, 0.1) is 24.7 Å². The molecular weight excluding hydrogens is 343 g/mol. The van der Waals surface area contributed by atoms with E-state index in [1.54, 1.807) is 19.9 Å². The van der Waals surface area contributed by atoms with Gasteiger partial charge in [-0.05, 0) is 43.7 Å². The van der Waals surface area contributed by atoms with E-state index < -0.39 is 22.7 Å². The van der Waals surface area contributed by atoms with Gasteiger partial charge in [-0.3, -0.25) is 14.9 Å². The van der Waals surface area contributed by atoms with Gasteiger partial charge in [0.1, 0.15) is 0 Å². The number of methoxy groups -OCH3 is 1. The van der Waals surface area contributed by atoms with Crippen molar-refractivity contribution < 1.29 is 23.6 Å². The number of nitro benzene ring substituents is 1. The lowest BCUT2D eigenvalue weighted by atomic mass is 10.1. The van der Waals surface area contributed by atoms with Crippen LogP contribution in [0.4, 0.5) is 10.1 Å². The van der Waals surface area contributed by atoms with Crippen LogP contribution in [0.25, 0.3) is 0 Å². The molecule has 8 heteroatoms. The van der Waals surface area contributed by atoms with Crippen LogP contribution in [0.2, 0.25) is 0 Å². The molecule has 2 rings (SSSR count). The van der Waals surface area contributed by atoms with Crippen molar-refractivity contribution in [2.24, 2.45) is 0 Å². The third kappa shape index (κ3) is 4.27. The lowest BCUT2D eigenvalue weighted by Crippen LogP contribution is -2.26. The standard InChI is InChI=1S/C18H19FN2O5/c1-4-26-17-8-6-13(10-15(17)21(23)24)18(22)20-11(2)12-5-7-16(25-3)14(19)9-12/h5-11H,4H2,1-3H3,(H,20,22)/t11-/m0/s1. The number of nitrogens with zero attached hydrogens (tertiary/aromatic N) is 1. The molecular formula is C18H19FN2O5. The molecule has 1 amide bonds. The fourth-order valence-electron chi connectivity index (χ4n) is 2.39. The van der Waals surface area contributed by atoms with Crippen LogP contribution in [0.5, 0.6) is 11.5 Å². The third-order valence-corrected chi connectivity index (χ3v) is 3.74. The maximum atomic E-state index is 13.8. The second-order valence-electron chi connectivity index (χ2n) is 5.46. The lowest BCUT2D eigenvalue weighted by molar-refractivity contribution is -0.385. The van der Waals surface area contributed by atoms with E-state index in [1.165, 1.54) is 31.4 Å². The van der Waals surface area contributed by atoms with Crippen molar-refractivity contribution in [3.8, 4) is 11.5 Å². The molecule has 0 unspecified atom stereocenters. The number of carbonyl (C=O) groups is 1. The van der Waals surface area contributed by atoms with Gasteiger partial charge < -0.3 is 14.8 Å². The Hall–Kier alpha value is -3.16. The van der Waals surface area contributed by atoms with Crippen LogP contribution >= 0.6 is 0 Å². The number of amides is 1. The number of halogens is 1. The maximum Gasteiger partial charge on any atom is 0.311 e. The predicted octanol–water partition coefficient (Wildman–Crippen LogP) is 3.63. The van der Waals surface area contributed by atoms with Crippen LogP contribution in [0.15, 0.2) is 36.4 Å². The van der Waals surface area contributed by atoms with Crippen molar-refractivity contribution in [2.75, 3.05) is 13.7 Å². The average Bonchev–Trinajstić information content (AvgIpc) is 2.61. The summed E-state index contributed by atoms with van der Waals surface area (Å²) in [5.41, 5.74) is 0.362. The van der Waals surface area contributed by atoms with Gasteiger partial charge in [-0.25, -0.2) is 4.39 Å². The summed E-state index contributed by atoms with van der Waals surface area (Å²) in [7, 11) is 1.36. The van der Waals surface area contributed by atoms with Gasteiger partial charge in [-0.1, -0.05) is 6.07 Å². The molecule has 7 nitrogen and oxygen atoms in total. The molecule has 0 radical (unpaired) electrons. The fourth-order valence-corrected chi connectivity index (χ4v) is 2.39. The molecule has 2 aromatic carbocycles. The quantitative estimate of drug-likeness (QED) is 0.600. The van der Waals surface area contributed by atoms with E-state index in [1.807, 2.05) is 0 Å². The third-order valence-electron chi connectivity index (χ3n) is 3.74. The summed E-state index contributed by atoms with van der Waals surface area (Å²) >= 11 is 0. The van der Waals surface area contributed by atoms with Gasteiger partial charge in [0.2, 0.25) is 0 Å². The Balaban J connectivity index is 2.20. The van der Waals surface area contributed by atoms with E-state index in [4.69, 9.17) is 9.47 Å². The van der Waals surface area contributed by atoms with E-state index in [-0.39, 0.29) is 29.4 Å². The zero-order valence-electron chi connectivity index (χ0n) is 14.6.